The van der Waals surface area contributed by atoms with Gasteiger partial charge in [-0.1, -0.05) is 35.3 Å². The molecule has 1 atom stereocenters. The SMILES string of the molecule is C[C@@H](NCc1cccc(Cl)c1)C(=O)Nc1ccc([N+](=O)[O-])cc1Cl. The van der Waals surface area contributed by atoms with Crippen LogP contribution >= 0.6 is 23.2 Å². The second kappa shape index (κ2) is 8.10. The summed E-state index contributed by atoms with van der Waals surface area (Å²) in [6.07, 6.45) is 0. The minimum absolute atomic E-state index is 0.111. The maximum atomic E-state index is 12.2. The van der Waals surface area contributed by atoms with Gasteiger partial charge in [0.25, 0.3) is 5.69 Å². The molecule has 24 heavy (non-hydrogen) atoms. The zero-order chi connectivity index (χ0) is 17.7. The smallest absolute Gasteiger partial charge is 0.271 e. The van der Waals surface area contributed by atoms with E-state index in [1.54, 1.807) is 13.0 Å². The van der Waals surface area contributed by atoms with Crippen molar-refractivity contribution in [1.29, 1.82) is 0 Å². The number of carbonyl (C=O) groups is 1. The predicted octanol–water partition coefficient (Wildman–Crippen LogP) is 4.02. The first-order valence-corrected chi connectivity index (χ1v) is 7.85. The summed E-state index contributed by atoms with van der Waals surface area (Å²) in [6, 6.07) is 10.7. The Hall–Kier alpha value is -2.15. The Labute approximate surface area is 148 Å². The lowest BCUT2D eigenvalue weighted by Gasteiger charge is -2.15. The van der Waals surface area contributed by atoms with E-state index in [9.17, 15) is 14.9 Å². The maximum absolute atomic E-state index is 12.2. The minimum atomic E-state index is -0.549. The molecule has 0 saturated carbocycles. The molecule has 0 saturated heterocycles. The fraction of sp³-hybridized carbons (Fsp3) is 0.188. The topological polar surface area (TPSA) is 84.3 Å². The van der Waals surface area contributed by atoms with Crippen molar-refractivity contribution in [1.82, 2.24) is 5.32 Å². The van der Waals surface area contributed by atoms with E-state index in [0.29, 0.717) is 17.3 Å². The number of nitro groups is 1. The van der Waals surface area contributed by atoms with Gasteiger partial charge in [-0.2, -0.15) is 0 Å². The number of halogens is 2. The van der Waals surface area contributed by atoms with Crippen molar-refractivity contribution in [2.75, 3.05) is 5.32 Å². The van der Waals surface area contributed by atoms with Crippen molar-refractivity contribution in [3.8, 4) is 0 Å². The van der Waals surface area contributed by atoms with Crippen LogP contribution in [0, 0.1) is 10.1 Å². The fourth-order valence-electron chi connectivity index (χ4n) is 1.97. The third-order valence-electron chi connectivity index (χ3n) is 3.32. The lowest BCUT2D eigenvalue weighted by atomic mass is 10.2. The van der Waals surface area contributed by atoms with Crippen LogP contribution in [0.5, 0.6) is 0 Å². The molecule has 0 bridgehead atoms. The molecule has 0 aromatic heterocycles. The zero-order valence-electron chi connectivity index (χ0n) is 12.8. The molecule has 8 heteroatoms. The molecule has 2 N–H and O–H groups in total. The molecule has 0 spiro atoms. The molecule has 2 aromatic rings. The summed E-state index contributed by atoms with van der Waals surface area (Å²) in [7, 11) is 0. The Morgan fingerprint density at radius 2 is 2.00 bits per heavy atom. The van der Waals surface area contributed by atoms with Crippen molar-refractivity contribution in [3.05, 3.63) is 68.2 Å². The number of amides is 1. The molecule has 0 aliphatic rings. The Balaban J connectivity index is 1.95. The average molecular weight is 368 g/mol. The van der Waals surface area contributed by atoms with E-state index in [-0.39, 0.29) is 16.6 Å². The Kier molecular flexibility index (Phi) is 6.14. The van der Waals surface area contributed by atoms with Crippen molar-refractivity contribution in [2.24, 2.45) is 0 Å². The Bertz CT molecular complexity index is 768. The summed E-state index contributed by atoms with van der Waals surface area (Å²) >= 11 is 11.9. The van der Waals surface area contributed by atoms with E-state index in [0.717, 1.165) is 5.56 Å². The number of non-ortho nitro benzene ring substituents is 1. The monoisotopic (exact) mass is 367 g/mol. The lowest BCUT2D eigenvalue weighted by Crippen LogP contribution is -2.37. The highest BCUT2D eigenvalue weighted by Gasteiger charge is 2.15. The summed E-state index contributed by atoms with van der Waals surface area (Å²) in [5.41, 5.74) is 1.14. The second-order valence-electron chi connectivity index (χ2n) is 5.14. The molecule has 0 unspecified atom stereocenters. The van der Waals surface area contributed by atoms with Gasteiger partial charge < -0.3 is 10.6 Å². The molecule has 6 nitrogen and oxygen atoms in total. The first-order valence-electron chi connectivity index (χ1n) is 7.09. The summed E-state index contributed by atoms with van der Waals surface area (Å²) in [5.74, 6) is -0.298. The Morgan fingerprint density at radius 1 is 1.25 bits per heavy atom. The first-order chi connectivity index (χ1) is 11.4. The number of hydrogen-bond acceptors (Lipinski definition) is 4. The molecule has 2 rings (SSSR count). The van der Waals surface area contributed by atoms with Gasteiger partial charge in [0.1, 0.15) is 0 Å². The lowest BCUT2D eigenvalue weighted by molar-refractivity contribution is -0.384. The molecule has 0 aliphatic heterocycles. The highest BCUT2D eigenvalue weighted by Crippen LogP contribution is 2.26. The largest absolute Gasteiger partial charge is 0.323 e. The van der Waals surface area contributed by atoms with Gasteiger partial charge in [-0.3, -0.25) is 14.9 Å². The minimum Gasteiger partial charge on any atom is -0.323 e. The molecule has 0 radical (unpaired) electrons. The van der Waals surface area contributed by atoms with E-state index >= 15 is 0 Å². The molecule has 0 fully saturated rings. The van der Waals surface area contributed by atoms with Gasteiger partial charge >= 0.3 is 0 Å². The quantitative estimate of drug-likeness (QED) is 0.596. The van der Waals surface area contributed by atoms with Gasteiger partial charge in [0.2, 0.25) is 5.91 Å². The van der Waals surface area contributed by atoms with Crippen LogP contribution < -0.4 is 10.6 Å². The van der Waals surface area contributed by atoms with Crippen LogP contribution in [0.15, 0.2) is 42.5 Å². The normalized spacial score (nSPS) is 11.8. The van der Waals surface area contributed by atoms with E-state index in [2.05, 4.69) is 10.6 Å². The van der Waals surface area contributed by atoms with E-state index in [1.165, 1.54) is 18.2 Å². The number of anilines is 1. The van der Waals surface area contributed by atoms with Crippen LogP contribution in [0.3, 0.4) is 0 Å². The van der Waals surface area contributed by atoms with Crippen LogP contribution in [0.1, 0.15) is 12.5 Å². The maximum Gasteiger partial charge on any atom is 0.271 e. The predicted molar refractivity (Wildman–Crippen MR) is 94.5 cm³/mol. The summed E-state index contributed by atoms with van der Waals surface area (Å²) in [4.78, 5) is 22.3. The summed E-state index contributed by atoms with van der Waals surface area (Å²) < 4.78 is 0. The Morgan fingerprint density at radius 3 is 2.62 bits per heavy atom. The standard InChI is InChI=1S/C16H15Cl2N3O3/c1-10(19-9-11-3-2-4-12(17)7-11)16(22)20-15-6-5-13(21(23)24)8-14(15)18/h2-8,10,19H,9H2,1H3,(H,20,22)/t10-/m1/s1. The third-order valence-corrected chi connectivity index (χ3v) is 3.86. The van der Waals surface area contributed by atoms with E-state index in [1.807, 2.05) is 18.2 Å². The molecule has 126 valence electrons. The van der Waals surface area contributed by atoms with Crippen LogP contribution in [0.2, 0.25) is 10.0 Å². The molecule has 1 amide bonds. The molecule has 0 heterocycles. The van der Waals surface area contributed by atoms with Gasteiger partial charge in [-0.05, 0) is 30.7 Å². The van der Waals surface area contributed by atoms with Crippen LogP contribution in [-0.4, -0.2) is 16.9 Å². The zero-order valence-corrected chi connectivity index (χ0v) is 14.3. The number of benzene rings is 2. The van der Waals surface area contributed by atoms with Crippen molar-refractivity contribution in [3.63, 3.8) is 0 Å². The number of nitrogens with one attached hydrogen (secondary N) is 2. The number of nitrogens with zero attached hydrogens (tertiary/aromatic N) is 1. The van der Waals surface area contributed by atoms with Crippen LogP contribution in [0.4, 0.5) is 11.4 Å². The van der Waals surface area contributed by atoms with Gasteiger partial charge in [0.05, 0.1) is 21.7 Å². The second-order valence-corrected chi connectivity index (χ2v) is 5.99. The van der Waals surface area contributed by atoms with Gasteiger partial charge in [-0.15, -0.1) is 0 Å². The average Bonchev–Trinajstić information content (AvgIpc) is 2.54. The highest BCUT2D eigenvalue weighted by molar-refractivity contribution is 6.34. The fourth-order valence-corrected chi connectivity index (χ4v) is 2.41. The van der Waals surface area contributed by atoms with E-state index in [4.69, 9.17) is 23.2 Å². The number of hydrogen-bond donors (Lipinski definition) is 2. The van der Waals surface area contributed by atoms with Crippen molar-refractivity contribution in [2.45, 2.75) is 19.5 Å². The van der Waals surface area contributed by atoms with E-state index < -0.39 is 11.0 Å². The molecular formula is C16H15Cl2N3O3. The molecular weight excluding hydrogens is 353 g/mol. The van der Waals surface area contributed by atoms with Gasteiger partial charge in [0, 0.05) is 23.7 Å². The number of nitro benzene ring substituents is 1. The number of rotatable bonds is 6. The van der Waals surface area contributed by atoms with Crippen LogP contribution in [0.25, 0.3) is 0 Å². The van der Waals surface area contributed by atoms with Gasteiger partial charge in [-0.25, -0.2) is 0 Å². The summed E-state index contributed by atoms with van der Waals surface area (Å²) in [6.45, 7) is 2.18. The molecule has 0 aliphatic carbocycles. The molecule has 2 aromatic carbocycles. The van der Waals surface area contributed by atoms with Gasteiger partial charge in [0.15, 0.2) is 0 Å². The first kappa shape index (κ1) is 18.2. The highest BCUT2D eigenvalue weighted by atomic mass is 35.5. The van der Waals surface area contributed by atoms with Crippen molar-refractivity contribution < 1.29 is 9.72 Å². The van der Waals surface area contributed by atoms with Crippen molar-refractivity contribution >= 4 is 40.5 Å². The number of carbonyl (C=O) groups excluding carboxylic acids is 1. The third kappa shape index (κ3) is 4.92. The summed E-state index contributed by atoms with van der Waals surface area (Å²) in [5, 5.41) is 17.1. The van der Waals surface area contributed by atoms with Crippen LogP contribution in [-0.2, 0) is 11.3 Å².